The summed E-state index contributed by atoms with van der Waals surface area (Å²) in [6.07, 6.45) is 0.656. The fourth-order valence-corrected chi connectivity index (χ4v) is 1.73. The van der Waals surface area contributed by atoms with Gasteiger partial charge in [0.25, 0.3) is 5.91 Å². The Morgan fingerprint density at radius 3 is 2.58 bits per heavy atom. The van der Waals surface area contributed by atoms with Crippen molar-refractivity contribution in [1.29, 1.82) is 0 Å². The van der Waals surface area contributed by atoms with Gasteiger partial charge in [0.15, 0.2) is 0 Å². The van der Waals surface area contributed by atoms with Crippen LogP contribution in [0.3, 0.4) is 0 Å². The molecule has 19 heavy (non-hydrogen) atoms. The first-order chi connectivity index (χ1) is 8.86. The Morgan fingerprint density at radius 2 is 2.05 bits per heavy atom. The van der Waals surface area contributed by atoms with Crippen molar-refractivity contribution in [3.63, 3.8) is 0 Å². The van der Waals surface area contributed by atoms with Crippen LogP contribution < -0.4 is 5.32 Å². The number of nitrogens with one attached hydrogen (secondary N) is 1. The number of carbonyl (C=O) groups is 2. The van der Waals surface area contributed by atoms with Crippen LogP contribution in [-0.2, 0) is 4.79 Å². The Kier molecular flexibility index (Phi) is 5.82. The molecular weight excluding hydrogens is 332 g/mol. The number of benzene rings is 1. The summed E-state index contributed by atoms with van der Waals surface area (Å²) in [4.78, 5) is 25.0. The molecule has 0 radical (unpaired) electrons. The lowest BCUT2D eigenvalue weighted by Crippen LogP contribution is -2.26. The van der Waals surface area contributed by atoms with Crippen LogP contribution in [0, 0.1) is 0 Å². The van der Waals surface area contributed by atoms with Gasteiger partial charge in [-0.1, -0.05) is 34.5 Å². The van der Waals surface area contributed by atoms with Gasteiger partial charge in [-0.3, -0.25) is 9.59 Å². The first-order valence-corrected chi connectivity index (χ1v) is 7.12. The van der Waals surface area contributed by atoms with E-state index >= 15 is 0 Å². The van der Waals surface area contributed by atoms with Crippen LogP contribution in [0.25, 0.3) is 0 Å². The van der Waals surface area contributed by atoms with E-state index in [2.05, 4.69) is 21.2 Å². The second-order valence-corrected chi connectivity index (χ2v) is 5.80. The predicted molar refractivity (Wildman–Crippen MR) is 81.1 cm³/mol. The Morgan fingerprint density at radius 1 is 1.42 bits per heavy atom. The third-order valence-electron chi connectivity index (χ3n) is 2.52. The number of hydrogen-bond donors (Lipinski definition) is 1. The minimum absolute atomic E-state index is 0.186. The molecule has 0 saturated carbocycles. The molecule has 4 nitrogen and oxygen atoms in total. The normalized spacial score (nSPS) is 11.8. The minimum atomic E-state index is -0.297. The summed E-state index contributed by atoms with van der Waals surface area (Å²) in [7, 11) is 3.31. The Hall–Kier alpha value is -1.07. The van der Waals surface area contributed by atoms with Crippen LogP contribution in [0.15, 0.2) is 18.2 Å². The summed E-state index contributed by atoms with van der Waals surface area (Å²) in [5, 5.41) is 3.19. The zero-order valence-electron chi connectivity index (χ0n) is 11.0. The number of rotatable bonds is 4. The number of hydrogen-bond acceptors (Lipinski definition) is 2. The molecular formula is C13H16BrClN2O2. The molecule has 0 spiro atoms. The van der Waals surface area contributed by atoms with Crippen molar-refractivity contribution in [3.8, 4) is 0 Å². The topological polar surface area (TPSA) is 49.4 Å². The minimum Gasteiger partial charge on any atom is -0.345 e. The van der Waals surface area contributed by atoms with E-state index in [9.17, 15) is 9.59 Å². The van der Waals surface area contributed by atoms with Crippen LogP contribution in [-0.4, -0.2) is 35.6 Å². The van der Waals surface area contributed by atoms with E-state index in [1.807, 2.05) is 6.92 Å². The van der Waals surface area contributed by atoms with Crippen LogP contribution >= 0.6 is 27.5 Å². The monoisotopic (exact) mass is 346 g/mol. The highest BCUT2D eigenvalue weighted by molar-refractivity contribution is 9.10. The zero-order valence-corrected chi connectivity index (χ0v) is 13.4. The molecule has 0 aliphatic rings. The average molecular weight is 348 g/mol. The van der Waals surface area contributed by atoms with Gasteiger partial charge in [-0.25, -0.2) is 0 Å². The molecule has 0 aliphatic heterocycles. The summed E-state index contributed by atoms with van der Waals surface area (Å²) in [6, 6.07) is 4.81. The lowest BCUT2D eigenvalue weighted by molar-refractivity contribution is -0.115. The number of anilines is 1. The summed E-state index contributed by atoms with van der Waals surface area (Å²) in [6.45, 7) is 1.89. The third kappa shape index (κ3) is 4.21. The second kappa shape index (κ2) is 6.91. The Balaban J connectivity index is 3.08. The number of halogens is 2. The number of alkyl halides is 1. The Labute approximate surface area is 126 Å². The van der Waals surface area contributed by atoms with Gasteiger partial charge >= 0.3 is 0 Å². The SMILES string of the molecule is CCC(Br)C(=O)Nc1cc(Cl)ccc1C(=O)N(C)C. The maximum Gasteiger partial charge on any atom is 0.255 e. The smallest absolute Gasteiger partial charge is 0.255 e. The average Bonchev–Trinajstić information content (AvgIpc) is 2.37. The molecule has 0 saturated heterocycles. The quantitative estimate of drug-likeness (QED) is 0.851. The van der Waals surface area contributed by atoms with E-state index in [4.69, 9.17) is 11.6 Å². The summed E-state index contributed by atoms with van der Waals surface area (Å²) >= 11 is 9.18. The predicted octanol–water partition coefficient (Wildman–Crippen LogP) is 3.15. The molecule has 0 bridgehead atoms. The van der Waals surface area contributed by atoms with E-state index in [-0.39, 0.29) is 16.6 Å². The summed E-state index contributed by atoms with van der Waals surface area (Å²) in [5.74, 6) is -0.382. The van der Waals surface area contributed by atoms with Gasteiger partial charge in [0.05, 0.1) is 16.1 Å². The van der Waals surface area contributed by atoms with E-state index in [0.717, 1.165) is 0 Å². The van der Waals surface area contributed by atoms with E-state index in [1.165, 1.54) is 4.90 Å². The van der Waals surface area contributed by atoms with Gasteiger partial charge in [0.1, 0.15) is 0 Å². The van der Waals surface area contributed by atoms with Crippen LogP contribution in [0.4, 0.5) is 5.69 Å². The van der Waals surface area contributed by atoms with Crippen molar-refractivity contribution in [3.05, 3.63) is 28.8 Å². The Bertz CT molecular complexity index is 492. The third-order valence-corrected chi connectivity index (χ3v) is 3.82. The highest BCUT2D eigenvalue weighted by atomic mass is 79.9. The zero-order chi connectivity index (χ0) is 14.6. The molecule has 0 aromatic heterocycles. The molecule has 0 aliphatic carbocycles. The van der Waals surface area contributed by atoms with Crippen molar-refractivity contribution in [2.75, 3.05) is 19.4 Å². The molecule has 1 atom stereocenters. The largest absolute Gasteiger partial charge is 0.345 e. The molecule has 1 rings (SSSR count). The first kappa shape index (κ1) is 16.0. The molecule has 104 valence electrons. The molecule has 0 fully saturated rings. The maximum absolute atomic E-state index is 12.0. The van der Waals surface area contributed by atoms with Crippen LogP contribution in [0.2, 0.25) is 5.02 Å². The molecule has 1 aromatic carbocycles. The second-order valence-electron chi connectivity index (χ2n) is 4.25. The highest BCUT2D eigenvalue weighted by Crippen LogP contribution is 2.23. The summed E-state index contributed by atoms with van der Waals surface area (Å²) < 4.78 is 0. The van der Waals surface area contributed by atoms with Crippen LogP contribution in [0.5, 0.6) is 0 Å². The lowest BCUT2D eigenvalue weighted by atomic mass is 10.1. The fraction of sp³-hybridized carbons (Fsp3) is 0.385. The van der Waals surface area contributed by atoms with Gasteiger partial charge in [-0.15, -0.1) is 0 Å². The number of nitrogens with zero attached hydrogens (tertiary/aromatic N) is 1. The van der Waals surface area contributed by atoms with Crippen LogP contribution in [0.1, 0.15) is 23.7 Å². The maximum atomic E-state index is 12.0. The lowest BCUT2D eigenvalue weighted by Gasteiger charge is -2.16. The first-order valence-electron chi connectivity index (χ1n) is 5.83. The van der Waals surface area contributed by atoms with Gasteiger partial charge < -0.3 is 10.2 Å². The van der Waals surface area contributed by atoms with Gasteiger partial charge in [0.2, 0.25) is 5.91 Å². The summed E-state index contributed by atoms with van der Waals surface area (Å²) in [5.41, 5.74) is 0.840. The molecule has 0 heterocycles. The van der Waals surface area contributed by atoms with Gasteiger partial charge in [0, 0.05) is 19.1 Å². The molecule has 1 unspecified atom stereocenters. The van der Waals surface area contributed by atoms with Crippen molar-refractivity contribution in [2.45, 2.75) is 18.2 Å². The van der Waals surface area contributed by atoms with Crippen molar-refractivity contribution in [1.82, 2.24) is 4.90 Å². The number of carbonyl (C=O) groups excluding carboxylic acids is 2. The fourth-order valence-electron chi connectivity index (χ4n) is 1.44. The van der Waals surface area contributed by atoms with Gasteiger partial charge in [-0.05, 0) is 24.6 Å². The van der Waals surface area contributed by atoms with E-state index < -0.39 is 0 Å². The molecule has 1 N–H and O–H groups in total. The van der Waals surface area contributed by atoms with Crippen molar-refractivity contribution < 1.29 is 9.59 Å². The van der Waals surface area contributed by atoms with Crippen molar-refractivity contribution in [2.24, 2.45) is 0 Å². The molecule has 2 amide bonds. The molecule has 1 aromatic rings. The highest BCUT2D eigenvalue weighted by Gasteiger charge is 2.18. The number of amides is 2. The van der Waals surface area contributed by atoms with Gasteiger partial charge in [-0.2, -0.15) is 0 Å². The van der Waals surface area contributed by atoms with Crippen molar-refractivity contribution >= 4 is 45.0 Å². The molecule has 6 heteroatoms. The van der Waals surface area contributed by atoms with E-state index in [0.29, 0.717) is 22.7 Å². The standard InChI is InChI=1S/C13H16BrClN2O2/c1-4-10(14)12(18)16-11-7-8(15)5-6-9(11)13(19)17(2)3/h5-7,10H,4H2,1-3H3,(H,16,18). The van der Waals surface area contributed by atoms with E-state index in [1.54, 1.807) is 32.3 Å².